The molecule has 0 spiro atoms. The Bertz CT molecular complexity index is 329. The van der Waals surface area contributed by atoms with Crippen molar-refractivity contribution >= 4 is 5.82 Å². The zero-order valence-corrected chi connectivity index (χ0v) is 9.42. The molecule has 3 fully saturated rings. The third-order valence-corrected chi connectivity index (χ3v) is 3.46. The van der Waals surface area contributed by atoms with Crippen molar-refractivity contribution in [1.82, 2.24) is 15.3 Å². The Morgan fingerprint density at radius 2 is 2.12 bits per heavy atom. The Balaban J connectivity index is 0.000000137. The molecule has 2 unspecified atom stereocenters. The minimum absolute atomic E-state index is 0.824. The van der Waals surface area contributed by atoms with Crippen LogP contribution in [0.2, 0.25) is 0 Å². The smallest absolute Gasteiger partial charge is 0.132 e. The van der Waals surface area contributed by atoms with Crippen LogP contribution in [0.4, 0.5) is 5.82 Å². The molecule has 85 valence electrons. The predicted octanol–water partition coefficient (Wildman–Crippen LogP) is 1.07. The maximum atomic E-state index is 4.19. The number of nitrogens with zero attached hydrogens (tertiary/aromatic N) is 4. The first-order chi connectivity index (χ1) is 7.95. The standard InChI is InChI=1S/C8H9N3.C4H8N/c1-2-9-5-10-8(1)11-4-6-3-7(6)11;1-2-4-5-3-1/h1-2,5-7H,3-4H2;1-4H2. The van der Waals surface area contributed by atoms with Gasteiger partial charge in [-0.1, -0.05) is 0 Å². The summed E-state index contributed by atoms with van der Waals surface area (Å²) in [5.74, 6) is 2.09. The normalized spacial score (nSPS) is 29.9. The highest BCUT2D eigenvalue weighted by Gasteiger charge is 2.52. The molecule has 16 heavy (non-hydrogen) atoms. The zero-order chi connectivity index (χ0) is 10.8. The van der Waals surface area contributed by atoms with Crippen LogP contribution in [-0.4, -0.2) is 35.6 Å². The van der Waals surface area contributed by atoms with Crippen LogP contribution in [0, 0.1) is 5.92 Å². The Labute approximate surface area is 96.1 Å². The number of hydrogen-bond acceptors (Lipinski definition) is 3. The molecule has 0 N–H and O–H groups in total. The minimum atomic E-state index is 0.824. The van der Waals surface area contributed by atoms with Crippen molar-refractivity contribution in [2.24, 2.45) is 5.92 Å². The zero-order valence-electron chi connectivity index (χ0n) is 9.42. The molecule has 1 saturated carbocycles. The molecule has 3 heterocycles. The molecule has 0 bridgehead atoms. The Morgan fingerprint density at radius 3 is 2.56 bits per heavy atom. The van der Waals surface area contributed by atoms with E-state index in [1.54, 1.807) is 12.5 Å². The maximum Gasteiger partial charge on any atom is 0.132 e. The van der Waals surface area contributed by atoms with E-state index in [0.29, 0.717) is 0 Å². The molecule has 1 aromatic heterocycles. The second-order valence-corrected chi connectivity index (χ2v) is 4.66. The summed E-state index contributed by atoms with van der Waals surface area (Å²) < 4.78 is 0. The number of rotatable bonds is 1. The van der Waals surface area contributed by atoms with Gasteiger partial charge in [-0.2, -0.15) is 0 Å². The fourth-order valence-electron chi connectivity index (χ4n) is 2.34. The van der Waals surface area contributed by atoms with Crippen LogP contribution in [0.3, 0.4) is 0 Å². The van der Waals surface area contributed by atoms with Crippen molar-refractivity contribution in [2.45, 2.75) is 25.3 Å². The molecule has 4 nitrogen and oxygen atoms in total. The lowest BCUT2D eigenvalue weighted by Gasteiger charge is -2.31. The van der Waals surface area contributed by atoms with Gasteiger partial charge in [0.05, 0.1) is 0 Å². The summed E-state index contributed by atoms with van der Waals surface area (Å²) in [6.45, 7) is 3.46. The fourth-order valence-corrected chi connectivity index (χ4v) is 2.34. The topological polar surface area (TPSA) is 43.1 Å². The SMILES string of the molecule is C1CC[N]C1.c1cc(N2CC3CC32)ncn1. The van der Waals surface area contributed by atoms with Crippen molar-refractivity contribution in [3.63, 3.8) is 0 Å². The predicted molar refractivity (Wildman–Crippen MR) is 62.4 cm³/mol. The summed E-state index contributed by atoms with van der Waals surface area (Å²) in [5.41, 5.74) is 0. The molecule has 0 amide bonds. The summed E-state index contributed by atoms with van der Waals surface area (Å²) in [6.07, 6.45) is 7.47. The van der Waals surface area contributed by atoms with Gasteiger partial charge in [0, 0.05) is 31.9 Å². The molecule has 2 saturated heterocycles. The van der Waals surface area contributed by atoms with Gasteiger partial charge >= 0.3 is 0 Å². The molecule has 3 aliphatic rings. The molecular formula is C12H17N4. The van der Waals surface area contributed by atoms with Crippen LogP contribution in [0.1, 0.15) is 19.3 Å². The van der Waals surface area contributed by atoms with Crippen LogP contribution in [0.25, 0.3) is 0 Å². The van der Waals surface area contributed by atoms with Gasteiger partial charge in [-0.15, -0.1) is 0 Å². The Morgan fingerprint density at radius 1 is 1.25 bits per heavy atom. The lowest BCUT2D eigenvalue weighted by Crippen LogP contribution is -2.39. The van der Waals surface area contributed by atoms with E-state index in [4.69, 9.17) is 0 Å². The van der Waals surface area contributed by atoms with E-state index in [1.165, 1.54) is 25.8 Å². The highest BCUT2D eigenvalue weighted by molar-refractivity contribution is 5.46. The average molecular weight is 217 g/mol. The third-order valence-electron chi connectivity index (χ3n) is 3.46. The second-order valence-electron chi connectivity index (χ2n) is 4.66. The van der Waals surface area contributed by atoms with Crippen LogP contribution in [-0.2, 0) is 0 Å². The highest BCUT2D eigenvalue weighted by Crippen LogP contribution is 2.47. The van der Waals surface area contributed by atoms with Crippen molar-refractivity contribution in [3.05, 3.63) is 18.6 Å². The van der Waals surface area contributed by atoms with Crippen molar-refractivity contribution in [1.29, 1.82) is 0 Å². The van der Waals surface area contributed by atoms with Gasteiger partial charge in [0.1, 0.15) is 12.1 Å². The average Bonchev–Trinajstić information content (AvgIpc) is 2.76. The first kappa shape index (κ1) is 10.0. The van der Waals surface area contributed by atoms with E-state index < -0.39 is 0 Å². The second kappa shape index (κ2) is 4.37. The van der Waals surface area contributed by atoms with Crippen LogP contribution >= 0.6 is 0 Å². The lowest BCUT2D eigenvalue weighted by molar-refractivity contribution is 0.585. The van der Waals surface area contributed by atoms with Crippen molar-refractivity contribution < 1.29 is 0 Å². The van der Waals surface area contributed by atoms with Gasteiger partial charge in [-0.25, -0.2) is 15.3 Å². The third kappa shape index (κ3) is 2.02. The van der Waals surface area contributed by atoms with Gasteiger partial charge in [-0.05, 0) is 31.2 Å². The highest BCUT2D eigenvalue weighted by atomic mass is 15.3. The maximum absolute atomic E-state index is 4.19. The van der Waals surface area contributed by atoms with Gasteiger partial charge in [0.15, 0.2) is 0 Å². The minimum Gasteiger partial charge on any atom is -0.353 e. The van der Waals surface area contributed by atoms with E-state index in [9.17, 15) is 0 Å². The molecule has 0 aromatic carbocycles. The summed E-state index contributed by atoms with van der Waals surface area (Å²) >= 11 is 0. The Hall–Kier alpha value is -1.16. The van der Waals surface area contributed by atoms with E-state index in [1.807, 2.05) is 6.07 Å². The molecule has 2 aliphatic heterocycles. The van der Waals surface area contributed by atoms with Gasteiger partial charge in [-0.3, -0.25) is 0 Å². The van der Waals surface area contributed by atoms with Crippen molar-refractivity contribution in [2.75, 3.05) is 24.5 Å². The van der Waals surface area contributed by atoms with E-state index >= 15 is 0 Å². The lowest BCUT2D eigenvalue weighted by atomic mass is 10.2. The molecule has 2 atom stereocenters. The fraction of sp³-hybridized carbons (Fsp3) is 0.667. The number of anilines is 1. The van der Waals surface area contributed by atoms with Gasteiger partial charge in [0.2, 0.25) is 0 Å². The van der Waals surface area contributed by atoms with Gasteiger partial charge < -0.3 is 4.90 Å². The first-order valence-corrected chi connectivity index (χ1v) is 6.11. The van der Waals surface area contributed by atoms with Crippen LogP contribution in [0.5, 0.6) is 0 Å². The van der Waals surface area contributed by atoms with Gasteiger partial charge in [0.25, 0.3) is 0 Å². The summed E-state index contributed by atoms with van der Waals surface area (Å²) in [5, 5.41) is 4.08. The number of aromatic nitrogens is 2. The number of hydrogen-bond donors (Lipinski definition) is 0. The molecule has 4 rings (SSSR count). The summed E-state index contributed by atoms with van der Waals surface area (Å²) in [6, 6.07) is 2.80. The van der Waals surface area contributed by atoms with E-state index in [0.717, 1.165) is 30.9 Å². The van der Waals surface area contributed by atoms with E-state index in [2.05, 4.69) is 20.2 Å². The molecule has 1 aromatic rings. The van der Waals surface area contributed by atoms with Crippen LogP contribution in [0.15, 0.2) is 18.6 Å². The Kier molecular flexibility index (Phi) is 2.74. The summed E-state index contributed by atoms with van der Waals surface area (Å²) in [7, 11) is 0. The summed E-state index contributed by atoms with van der Waals surface area (Å²) in [4.78, 5) is 10.4. The quantitative estimate of drug-likeness (QED) is 0.706. The van der Waals surface area contributed by atoms with Crippen molar-refractivity contribution in [3.8, 4) is 0 Å². The van der Waals surface area contributed by atoms with E-state index in [-0.39, 0.29) is 0 Å². The monoisotopic (exact) mass is 217 g/mol. The molecule has 1 radical (unpaired) electrons. The molecular weight excluding hydrogens is 200 g/mol. The number of fused-ring (bicyclic) bond motifs is 1. The molecule has 4 heteroatoms. The first-order valence-electron chi connectivity index (χ1n) is 6.11. The molecule has 1 aliphatic carbocycles. The largest absolute Gasteiger partial charge is 0.353 e. The van der Waals surface area contributed by atoms with Crippen LogP contribution < -0.4 is 10.2 Å².